The Balaban J connectivity index is 1.61. The van der Waals surface area contributed by atoms with E-state index in [1.165, 1.54) is 6.42 Å². The second-order valence-electron chi connectivity index (χ2n) is 5.23. The minimum atomic E-state index is -0.586. The standard InChI is InChI=1S/C16H22N2O3/c19-15(16(20)18-13-7-3-1-4-8-13)17-11-12-21-14-9-5-2-6-10-14/h2,5-6,9-10,13H,1,3-4,7-8,11-12H2,(H,17,19)(H,18,20). The van der Waals surface area contributed by atoms with E-state index < -0.39 is 11.8 Å². The van der Waals surface area contributed by atoms with Gasteiger partial charge in [-0.05, 0) is 25.0 Å². The SMILES string of the molecule is O=C(NCCOc1ccccc1)C(=O)NC1CCCCC1. The number of hydrogen-bond donors (Lipinski definition) is 2. The van der Waals surface area contributed by atoms with Crippen molar-refractivity contribution >= 4 is 11.8 Å². The van der Waals surface area contributed by atoms with Crippen molar-refractivity contribution in [3.63, 3.8) is 0 Å². The van der Waals surface area contributed by atoms with Crippen molar-refractivity contribution in [3.8, 4) is 5.75 Å². The zero-order valence-corrected chi connectivity index (χ0v) is 12.1. The van der Waals surface area contributed by atoms with E-state index in [1.807, 2.05) is 30.3 Å². The molecule has 0 aliphatic heterocycles. The van der Waals surface area contributed by atoms with Crippen molar-refractivity contribution in [2.24, 2.45) is 0 Å². The van der Waals surface area contributed by atoms with Gasteiger partial charge >= 0.3 is 11.8 Å². The molecular weight excluding hydrogens is 268 g/mol. The second kappa shape index (κ2) is 8.29. The number of ether oxygens (including phenoxy) is 1. The van der Waals surface area contributed by atoms with E-state index in [0.717, 1.165) is 31.4 Å². The summed E-state index contributed by atoms with van der Waals surface area (Å²) in [5.74, 6) is -0.378. The van der Waals surface area contributed by atoms with Crippen LogP contribution < -0.4 is 15.4 Å². The average molecular weight is 290 g/mol. The molecular formula is C16H22N2O3. The summed E-state index contributed by atoms with van der Waals surface area (Å²) in [6, 6.07) is 9.51. The highest BCUT2D eigenvalue weighted by Gasteiger charge is 2.19. The van der Waals surface area contributed by atoms with Crippen LogP contribution in [-0.2, 0) is 9.59 Å². The molecule has 1 fully saturated rings. The summed E-state index contributed by atoms with van der Waals surface area (Å²) in [6.07, 6.45) is 5.40. The lowest BCUT2D eigenvalue weighted by Gasteiger charge is -2.22. The number of hydrogen-bond acceptors (Lipinski definition) is 3. The first kappa shape index (κ1) is 15.4. The van der Waals surface area contributed by atoms with E-state index in [9.17, 15) is 9.59 Å². The Kier molecular flexibility index (Phi) is 6.06. The molecule has 0 radical (unpaired) electrons. The monoisotopic (exact) mass is 290 g/mol. The molecule has 0 aromatic heterocycles. The summed E-state index contributed by atoms with van der Waals surface area (Å²) in [4.78, 5) is 23.4. The number of rotatable bonds is 5. The number of benzene rings is 1. The number of carbonyl (C=O) groups is 2. The van der Waals surface area contributed by atoms with Crippen LogP contribution in [0.25, 0.3) is 0 Å². The van der Waals surface area contributed by atoms with Gasteiger partial charge in [0.25, 0.3) is 0 Å². The van der Waals surface area contributed by atoms with Crippen LogP contribution in [0.2, 0.25) is 0 Å². The maximum absolute atomic E-state index is 11.7. The van der Waals surface area contributed by atoms with Gasteiger partial charge in [-0.2, -0.15) is 0 Å². The van der Waals surface area contributed by atoms with Crippen molar-refractivity contribution in [1.82, 2.24) is 10.6 Å². The Morgan fingerprint density at radius 2 is 1.76 bits per heavy atom. The average Bonchev–Trinajstić information content (AvgIpc) is 2.53. The molecule has 2 amide bonds. The summed E-state index contributed by atoms with van der Waals surface area (Å²) in [5, 5.41) is 5.35. The lowest BCUT2D eigenvalue weighted by molar-refractivity contribution is -0.139. The van der Waals surface area contributed by atoms with Gasteiger partial charge in [-0.3, -0.25) is 9.59 Å². The van der Waals surface area contributed by atoms with Gasteiger partial charge in [-0.1, -0.05) is 37.5 Å². The zero-order valence-electron chi connectivity index (χ0n) is 12.1. The minimum absolute atomic E-state index is 0.151. The molecule has 1 aliphatic carbocycles. The van der Waals surface area contributed by atoms with Crippen LogP contribution in [0.3, 0.4) is 0 Å². The largest absolute Gasteiger partial charge is 0.492 e. The van der Waals surface area contributed by atoms with Gasteiger partial charge < -0.3 is 15.4 Å². The minimum Gasteiger partial charge on any atom is -0.492 e. The predicted octanol–water partition coefficient (Wildman–Crippen LogP) is 1.63. The first-order valence-electron chi connectivity index (χ1n) is 7.52. The molecule has 5 nitrogen and oxygen atoms in total. The summed E-state index contributed by atoms with van der Waals surface area (Å²) in [5.41, 5.74) is 0. The van der Waals surface area contributed by atoms with E-state index >= 15 is 0 Å². The summed E-state index contributed by atoms with van der Waals surface area (Å²) in [6.45, 7) is 0.651. The molecule has 0 unspecified atom stereocenters. The highest BCUT2D eigenvalue weighted by Crippen LogP contribution is 2.17. The van der Waals surface area contributed by atoms with Gasteiger partial charge in [0.15, 0.2) is 0 Å². The molecule has 1 saturated carbocycles. The molecule has 1 aromatic carbocycles. The van der Waals surface area contributed by atoms with Crippen LogP contribution in [0.4, 0.5) is 0 Å². The molecule has 0 atom stereocenters. The lowest BCUT2D eigenvalue weighted by Crippen LogP contribution is -2.46. The third-order valence-electron chi connectivity index (χ3n) is 3.55. The van der Waals surface area contributed by atoms with Gasteiger partial charge in [-0.15, -0.1) is 0 Å². The zero-order chi connectivity index (χ0) is 14.9. The highest BCUT2D eigenvalue weighted by molar-refractivity contribution is 6.35. The third-order valence-corrected chi connectivity index (χ3v) is 3.55. The van der Waals surface area contributed by atoms with Crippen LogP contribution >= 0.6 is 0 Å². The lowest BCUT2D eigenvalue weighted by atomic mass is 9.95. The van der Waals surface area contributed by atoms with Crippen molar-refractivity contribution in [3.05, 3.63) is 30.3 Å². The van der Waals surface area contributed by atoms with Crippen molar-refractivity contribution < 1.29 is 14.3 Å². The number of carbonyl (C=O) groups excluding carboxylic acids is 2. The number of amides is 2. The molecule has 0 heterocycles. The van der Waals surface area contributed by atoms with Crippen molar-refractivity contribution in [2.45, 2.75) is 38.1 Å². The van der Waals surface area contributed by atoms with Crippen LogP contribution in [-0.4, -0.2) is 31.0 Å². The molecule has 5 heteroatoms. The van der Waals surface area contributed by atoms with Gasteiger partial charge in [0.1, 0.15) is 12.4 Å². The van der Waals surface area contributed by atoms with Crippen molar-refractivity contribution in [2.75, 3.05) is 13.2 Å². The van der Waals surface area contributed by atoms with E-state index in [-0.39, 0.29) is 6.04 Å². The summed E-state index contributed by atoms with van der Waals surface area (Å²) >= 11 is 0. The topological polar surface area (TPSA) is 67.4 Å². The molecule has 2 rings (SSSR count). The second-order valence-corrected chi connectivity index (χ2v) is 5.23. The van der Waals surface area contributed by atoms with E-state index in [4.69, 9.17) is 4.74 Å². The Labute approximate surface area is 125 Å². The Hall–Kier alpha value is -2.04. The van der Waals surface area contributed by atoms with Crippen molar-refractivity contribution in [1.29, 1.82) is 0 Å². The first-order valence-corrected chi connectivity index (χ1v) is 7.52. The molecule has 2 N–H and O–H groups in total. The third kappa shape index (κ3) is 5.45. The Bertz CT molecular complexity index is 456. The van der Waals surface area contributed by atoms with Gasteiger partial charge in [0.2, 0.25) is 0 Å². The predicted molar refractivity (Wildman–Crippen MR) is 80.0 cm³/mol. The van der Waals surface area contributed by atoms with Crippen LogP contribution in [0.15, 0.2) is 30.3 Å². The maximum Gasteiger partial charge on any atom is 0.309 e. The fraction of sp³-hybridized carbons (Fsp3) is 0.500. The molecule has 21 heavy (non-hydrogen) atoms. The summed E-state index contributed by atoms with van der Waals surface area (Å²) < 4.78 is 5.44. The first-order chi connectivity index (χ1) is 10.3. The van der Waals surface area contributed by atoms with E-state index in [2.05, 4.69) is 10.6 Å². The highest BCUT2D eigenvalue weighted by atomic mass is 16.5. The molecule has 114 valence electrons. The normalized spacial score (nSPS) is 15.2. The molecule has 0 spiro atoms. The summed E-state index contributed by atoms with van der Waals surface area (Å²) in [7, 11) is 0. The Morgan fingerprint density at radius 1 is 1.05 bits per heavy atom. The van der Waals surface area contributed by atoms with Crippen LogP contribution in [0, 0.1) is 0 Å². The smallest absolute Gasteiger partial charge is 0.309 e. The van der Waals surface area contributed by atoms with Crippen LogP contribution in [0.1, 0.15) is 32.1 Å². The number of para-hydroxylation sites is 1. The van der Waals surface area contributed by atoms with Gasteiger partial charge in [-0.25, -0.2) is 0 Å². The van der Waals surface area contributed by atoms with E-state index in [1.54, 1.807) is 0 Å². The van der Waals surface area contributed by atoms with E-state index in [0.29, 0.717) is 13.2 Å². The van der Waals surface area contributed by atoms with Crippen LogP contribution in [0.5, 0.6) is 5.75 Å². The molecule has 0 bridgehead atoms. The molecule has 0 saturated heterocycles. The molecule has 1 aliphatic rings. The molecule has 1 aromatic rings. The maximum atomic E-state index is 11.7. The van der Waals surface area contributed by atoms with Gasteiger partial charge in [0, 0.05) is 6.04 Å². The Morgan fingerprint density at radius 3 is 2.48 bits per heavy atom. The number of nitrogens with one attached hydrogen (secondary N) is 2. The quantitative estimate of drug-likeness (QED) is 0.640. The fourth-order valence-electron chi connectivity index (χ4n) is 2.43. The fourth-order valence-corrected chi connectivity index (χ4v) is 2.43. The van der Waals surface area contributed by atoms with Gasteiger partial charge in [0.05, 0.1) is 6.54 Å².